The van der Waals surface area contributed by atoms with Crippen LogP contribution in [0, 0.1) is 6.92 Å². The lowest BCUT2D eigenvalue weighted by Crippen LogP contribution is -2.22. The molecule has 0 unspecified atom stereocenters. The molecular weight excluding hydrogens is 436 g/mol. The molecule has 0 bridgehead atoms. The van der Waals surface area contributed by atoms with Crippen LogP contribution in [0.15, 0.2) is 65.6 Å². The van der Waals surface area contributed by atoms with Crippen molar-refractivity contribution >= 4 is 39.3 Å². The Bertz CT molecular complexity index is 1220. The molecule has 0 atom stereocenters. The van der Waals surface area contributed by atoms with Crippen LogP contribution in [0.1, 0.15) is 16.8 Å². The highest BCUT2D eigenvalue weighted by molar-refractivity contribution is 7.89. The van der Waals surface area contributed by atoms with Crippen LogP contribution < -0.4 is 5.32 Å². The number of carbonyl (C=O) groups excluding carboxylic acids is 1. The van der Waals surface area contributed by atoms with Crippen LogP contribution in [0.2, 0.25) is 5.15 Å². The van der Waals surface area contributed by atoms with E-state index in [1.165, 1.54) is 32.3 Å². The predicted octanol–water partition coefficient (Wildman–Crippen LogP) is 3.80. The van der Waals surface area contributed by atoms with E-state index in [1.54, 1.807) is 22.9 Å². The number of rotatable bonds is 7. The third-order valence-corrected chi connectivity index (χ3v) is 6.78. The molecule has 0 spiro atoms. The van der Waals surface area contributed by atoms with Crippen molar-refractivity contribution in [2.45, 2.75) is 18.4 Å². The summed E-state index contributed by atoms with van der Waals surface area (Å²) in [4.78, 5) is 12.5. The lowest BCUT2D eigenvalue weighted by molar-refractivity contribution is -0.111. The third-order valence-electron chi connectivity index (χ3n) is 4.57. The Hall–Kier alpha value is -2.94. The van der Waals surface area contributed by atoms with E-state index in [2.05, 4.69) is 10.4 Å². The van der Waals surface area contributed by atoms with Gasteiger partial charge in [0, 0.05) is 31.4 Å². The Labute approximate surface area is 187 Å². The molecule has 0 saturated heterocycles. The van der Waals surface area contributed by atoms with Crippen LogP contribution in [0.5, 0.6) is 0 Å². The van der Waals surface area contributed by atoms with E-state index in [9.17, 15) is 13.2 Å². The van der Waals surface area contributed by atoms with Crippen molar-refractivity contribution in [2.24, 2.45) is 0 Å². The monoisotopic (exact) mass is 458 g/mol. The van der Waals surface area contributed by atoms with Crippen LogP contribution in [0.3, 0.4) is 0 Å². The molecule has 1 amide bonds. The van der Waals surface area contributed by atoms with E-state index in [4.69, 9.17) is 11.6 Å². The van der Waals surface area contributed by atoms with Gasteiger partial charge in [-0.25, -0.2) is 17.4 Å². The number of sulfonamides is 1. The van der Waals surface area contributed by atoms with Crippen LogP contribution in [0.4, 0.5) is 5.69 Å². The van der Waals surface area contributed by atoms with Crippen LogP contribution >= 0.6 is 11.6 Å². The number of amides is 1. The number of hydrogen-bond acceptors (Lipinski definition) is 4. The average molecular weight is 459 g/mol. The summed E-state index contributed by atoms with van der Waals surface area (Å²) in [6.07, 6.45) is 2.94. The van der Waals surface area contributed by atoms with E-state index in [0.29, 0.717) is 28.6 Å². The standard InChI is InChI=1S/C22H23ClN4O3S/c1-16-20(22(23)27(25-16)15-17-8-5-4-6-9-17)12-13-21(28)24-18-10-7-11-19(14-18)31(29,30)26(2)3/h4-14H,15H2,1-3H3,(H,24,28)/b13-12+. The van der Waals surface area contributed by atoms with Crippen molar-refractivity contribution in [3.63, 3.8) is 0 Å². The van der Waals surface area contributed by atoms with Gasteiger partial charge in [-0.3, -0.25) is 4.79 Å². The van der Waals surface area contributed by atoms with E-state index < -0.39 is 15.9 Å². The zero-order valence-corrected chi connectivity index (χ0v) is 19.0. The summed E-state index contributed by atoms with van der Waals surface area (Å²) >= 11 is 6.47. The molecule has 1 heterocycles. The normalized spacial score (nSPS) is 11.9. The molecule has 1 N–H and O–H groups in total. The molecule has 0 aliphatic heterocycles. The first-order chi connectivity index (χ1) is 14.7. The molecule has 0 fully saturated rings. The largest absolute Gasteiger partial charge is 0.322 e. The molecule has 3 aromatic rings. The average Bonchev–Trinajstić information content (AvgIpc) is 3.00. The first-order valence-electron chi connectivity index (χ1n) is 9.47. The topological polar surface area (TPSA) is 84.3 Å². The molecule has 9 heteroatoms. The van der Waals surface area contributed by atoms with Crippen molar-refractivity contribution in [3.05, 3.63) is 82.6 Å². The lowest BCUT2D eigenvalue weighted by Gasteiger charge is -2.12. The molecule has 162 valence electrons. The third kappa shape index (κ3) is 5.41. The van der Waals surface area contributed by atoms with Gasteiger partial charge in [0.15, 0.2) is 0 Å². The maximum Gasteiger partial charge on any atom is 0.248 e. The fraction of sp³-hybridized carbons (Fsp3) is 0.182. The Morgan fingerprint density at radius 3 is 2.55 bits per heavy atom. The first-order valence-corrected chi connectivity index (χ1v) is 11.3. The van der Waals surface area contributed by atoms with Gasteiger partial charge in [0.05, 0.1) is 17.1 Å². The van der Waals surface area contributed by atoms with E-state index in [-0.39, 0.29) is 4.90 Å². The van der Waals surface area contributed by atoms with Crippen molar-refractivity contribution in [1.82, 2.24) is 14.1 Å². The zero-order chi connectivity index (χ0) is 22.6. The van der Waals surface area contributed by atoms with Crippen molar-refractivity contribution in [1.29, 1.82) is 0 Å². The fourth-order valence-electron chi connectivity index (χ4n) is 2.91. The minimum Gasteiger partial charge on any atom is -0.322 e. The van der Waals surface area contributed by atoms with Gasteiger partial charge in [0.1, 0.15) is 5.15 Å². The number of benzene rings is 2. The molecule has 1 aromatic heterocycles. The molecule has 0 radical (unpaired) electrons. The Kier molecular flexibility index (Phi) is 6.94. The first kappa shape index (κ1) is 22.7. The number of halogens is 1. The van der Waals surface area contributed by atoms with Crippen LogP contribution in [-0.2, 0) is 21.4 Å². The summed E-state index contributed by atoms with van der Waals surface area (Å²) in [5, 5.41) is 7.56. The molecule has 3 rings (SSSR count). The van der Waals surface area contributed by atoms with Crippen LogP contribution in [-0.4, -0.2) is 42.5 Å². The number of aryl methyl sites for hydroxylation is 1. The van der Waals surface area contributed by atoms with Gasteiger partial charge in [-0.2, -0.15) is 5.10 Å². The van der Waals surface area contributed by atoms with Crippen molar-refractivity contribution < 1.29 is 13.2 Å². The SMILES string of the molecule is Cc1nn(Cc2ccccc2)c(Cl)c1/C=C/C(=O)Nc1cccc(S(=O)(=O)N(C)C)c1. The second kappa shape index (κ2) is 9.47. The lowest BCUT2D eigenvalue weighted by atomic mass is 10.2. The fourth-order valence-corrected chi connectivity index (χ4v) is 4.15. The Morgan fingerprint density at radius 2 is 1.87 bits per heavy atom. The second-order valence-corrected chi connectivity index (χ2v) is 9.58. The van der Waals surface area contributed by atoms with Gasteiger partial charge in [-0.05, 0) is 36.8 Å². The molecule has 0 saturated carbocycles. The van der Waals surface area contributed by atoms with Crippen LogP contribution in [0.25, 0.3) is 6.08 Å². The molecular formula is C22H23ClN4O3S. The number of nitrogens with one attached hydrogen (secondary N) is 1. The smallest absolute Gasteiger partial charge is 0.248 e. The van der Waals surface area contributed by atoms with Gasteiger partial charge < -0.3 is 5.32 Å². The molecule has 31 heavy (non-hydrogen) atoms. The van der Waals surface area contributed by atoms with E-state index in [0.717, 1.165) is 9.87 Å². The highest BCUT2D eigenvalue weighted by Gasteiger charge is 2.17. The molecule has 7 nitrogen and oxygen atoms in total. The van der Waals surface area contributed by atoms with E-state index >= 15 is 0 Å². The summed E-state index contributed by atoms with van der Waals surface area (Å²) in [6, 6.07) is 15.9. The van der Waals surface area contributed by atoms with Crippen molar-refractivity contribution in [3.8, 4) is 0 Å². The second-order valence-electron chi connectivity index (χ2n) is 7.07. The Balaban J connectivity index is 1.74. The molecule has 2 aromatic carbocycles. The zero-order valence-electron chi connectivity index (χ0n) is 17.4. The summed E-state index contributed by atoms with van der Waals surface area (Å²) in [5.74, 6) is -0.411. The highest BCUT2D eigenvalue weighted by atomic mass is 35.5. The Morgan fingerprint density at radius 1 is 1.16 bits per heavy atom. The maximum absolute atomic E-state index is 12.4. The summed E-state index contributed by atoms with van der Waals surface area (Å²) in [6.45, 7) is 2.34. The number of nitrogens with zero attached hydrogens (tertiary/aromatic N) is 3. The van der Waals surface area contributed by atoms with Gasteiger partial charge in [0.25, 0.3) is 0 Å². The van der Waals surface area contributed by atoms with E-state index in [1.807, 2.05) is 37.3 Å². The van der Waals surface area contributed by atoms with Gasteiger partial charge in [0.2, 0.25) is 15.9 Å². The number of hydrogen-bond donors (Lipinski definition) is 1. The summed E-state index contributed by atoms with van der Waals surface area (Å²) < 4.78 is 27.3. The minimum atomic E-state index is -3.59. The number of aromatic nitrogens is 2. The number of anilines is 1. The minimum absolute atomic E-state index is 0.0976. The summed E-state index contributed by atoms with van der Waals surface area (Å²) in [5.41, 5.74) is 2.79. The summed E-state index contributed by atoms with van der Waals surface area (Å²) in [7, 11) is -0.686. The predicted molar refractivity (Wildman–Crippen MR) is 122 cm³/mol. The maximum atomic E-state index is 12.4. The van der Waals surface area contributed by atoms with Gasteiger partial charge in [-0.1, -0.05) is 48.0 Å². The highest BCUT2D eigenvalue weighted by Crippen LogP contribution is 2.23. The van der Waals surface area contributed by atoms with Gasteiger partial charge >= 0.3 is 0 Å². The quantitative estimate of drug-likeness (QED) is 0.546. The van der Waals surface area contributed by atoms with Gasteiger partial charge in [-0.15, -0.1) is 0 Å². The number of carbonyl (C=O) groups is 1. The molecule has 0 aliphatic carbocycles. The molecule has 0 aliphatic rings. The van der Waals surface area contributed by atoms with Crippen molar-refractivity contribution in [2.75, 3.05) is 19.4 Å².